The third kappa shape index (κ3) is 4.17. The number of hydrogen-bond acceptors (Lipinski definition) is 6. The maximum atomic E-state index is 12.2. The maximum absolute atomic E-state index is 12.2. The molecule has 0 bridgehead atoms. The summed E-state index contributed by atoms with van der Waals surface area (Å²) >= 11 is 6.98. The number of aromatic amines is 2. The Hall–Kier alpha value is -2.85. The molecule has 3 aromatic rings. The van der Waals surface area contributed by atoms with E-state index in [1.807, 2.05) is 0 Å². The molecule has 1 amide bonds. The van der Waals surface area contributed by atoms with Crippen molar-refractivity contribution < 1.29 is 4.79 Å². The molecule has 0 aliphatic carbocycles. The van der Waals surface area contributed by atoms with E-state index in [-0.39, 0.29) is 11.6 Å². The van der Waals surface area contributed by atoms with Crippen molar-refractivity contribution in [3.05, 3.63) is 62.5 Å². The monoisotopic (exact) mass is 378 g/mol. The Bertz CT molecular complexity index is 997. The average molecular weight is 379 g/mol. The van der Waals surface area contributed by atoms with Gasteiger partial charge in [0.25, 0.3) is 5.56 Å². The molecule has 2 heterocycles. The van der Waals surface area contributed by atoms with Gasteiger partial charge in [-0.25, -0.2) is 14.3 Å². The van der Waals surface area contributed by atoms with Crippen molar-refractivity contribution in [3.63, 3.8) is 0 Å². The van der Waals surface area contributed by atoms with E-state index in [0.717, 1.165) is 17.8 Å². The van der Waals surface area contributed by atoms with Gasteiger partial charge >= 0.3 is 5.69 Å². The molecule has 0 saturated heterocycles. The minimum absolute atomic E-state index is 0.0246. The van der Waals surface area contributed by atoms with Gasteiger partial charge in [-0.05, 0) is 24.3 Å². The van der Waals surface area contributed by atoms with Gasteiger partial charge in [0, 0.05) is 11.1 Å². The number of hydrogen-bond donors (Lipinski definition) is 3. The van der Waals surface area contributed by atoms with Gasteiger partial charge in [0.1, 0.15) is 12.1 Å². The molecule has 0 aliphatic rings. The van der Waals surface area contributed by atoms with Gasteiger partial charge in [0.15, 0.2) is 5.16 Å². The predicted molar refractivity (Wildman–Crippen MR) is 93.4 cm³/mol. The fourth-order valence-corrected chi connectivity index (χ4v) is 2.72. The van der Waals surface area contributed by atoms with E-state index >= 15 is 0 Å². The lowest BCUT2D eigenvalue weighted by molar-refractivity contribution is -0.113. The molecule has 0 fully saturated rings. The highest BCUT2D eigenvalue weighted by Gasteiger charge is 2.12. The lowest BCUT2D eigenvalue weighted by Crippen LogP contribution is -2.32. The zero-order valence-electron chi connectivity index (χ0n) is 12.5. The number of amides is 1. The van der Waals surface area contributed by atoms with Crippen LogP contribution in [-0.4, -0.2) is 36.4 Å². The first-order valence-electron chi connectivity index (χ1n) is 6.93. The summed E-state index contributed by atoms with van der Waals surface area (Å²) in [5.41, 5.74) is -0.842. The van der Waals surface area contributed by atoms with Crippen molar-refractivity contribution in [1.82, 2.24) is 24.7 Å². The minimum Gasteiger partial charge on any atom is -0.311 e. The Balaban J connectivity index is 1.87. The second-order valence-electron chi connectivity index (χ2n) is 4.76. The molecule has 3 rings (SSSR count). The fraction of sp³-hybridized carbons (Fsp3) is 0.0714. The molecule has 3 N–H and O–H groups in total. The first-order chi connectivity index (χ1) is 12.0. The zero-order valence-corrected chi connectivity index (χ0v) is 14.1. The maximum Gasteiger partial charge on any atom is 0.334 e. The van der Waals surface area contributed by atoms with Gasteiger partial charge in [-0.15, -0.1) is 0 Å². The smallest absolute Gasteiger partial charge is 0.311 e. The summed E-state index contributed by atoms with van der Waals surface area (Å²) in [4.78, 5) is 41.9. The van der Waals surface area contributed by atoms with Crippen molar-refractivity contribution in [1.29, 1.82) is 0 Å². The number of carbonyl (C=O) groups excluding carboxylic acids is 1. The average Bonchev–Trinajstić information content (AvgIpc) is 3.07. The molecule has 1 aromatic carbocycles. The van der Waals surface area contributed by atoms with Crippen LogP contribution in [0.3, 0.4) is 0 Å². The Kier molecular flexibility index (Phi) is 5.00. The molecule has 25 heavy (non-hydrogen) atoms. The summed E-state index contributed by atoms with van der Waals surface area (Å²) in [6.45, 7) is 0. The molecule has 0 saturated carbocycles. The van der Waals surface area contributed by atoms with Crippen LogP contribution in [0, 0.1) is 0 Å². The summed E-state index contributed by atoms with van der Waals surface area (Å²) in [5, 5.41) is 9.83. The van der Waals surface area contributed by atoms with Crippen molar-refractivity contribution >= 4 is 35.1 Å². The second-order valence-corrected chi connectivity index (χ2v) is 6.16. The number of thioether (sulfide) groups is 1. The highest BCUT2D eigenvalue weighted by Crippen LogP contribution is 2.16. The molecule has 9 nitrogen and oxygen atoms in total. The molecular weight excluding hydrogens is 368 g/mol. The van der Waals surface area contributed by atoms with Crippen LogP contribution in [0.2, 0.25) is 5.02 Å². The number of nitrogens with one attached hydrogen (secondary N) is 3. The summed E-state index contributed by atoms with van der Waals surface area (Å²) in [6, 6.07) is 7.52. The first kappa shape index (κ1) is 17.0. The number of carbonyl (C=O) groups is 1. The topological polar surface area (TPSA) is 126 Å². The number of halogens is 1. The van der Waals surface area contributed by atoms with Crippen LogP contribution in [0.1, 0.15) is 0 Å². The quantitative estimate of drug-likeness (QED) is 0.569. The fourth-order valence-electron chi connectivity index (χ4n) is 2.01. The number of rotatable bonds is 5. The molecule has 0 atom stereocenters. The third-order valence-electron chi connectivity index (χ3n) is 3.03. The predicted octanol–water partition coefficient (Wildman–Crippen LogP) is 1.03. The molecule has 128 valence electrons. The Labute approximate surface area is 149 Å². The second kappa shape index (κ2) is 7.36. The number of benzene rings is 1. The van der Waals surface area contributed by atoms with Crippen LogP contribution in [0.25, 0.3) is 5.69 Å². The molecule has 0 radical (unpaired) electrons. The van der Waals surface area contributed by atoms with Crippen LogP contribution >= 0.6 is 23.4 Å². The van der Waals surface area contributed by atoms with E-state index < -0.39 is 17.2 Å². The molecule has 0 aliphatic heterocycles. The lowest BCUT2D eigenvalue weighted by Gasteiger charge is -2.12. The third-order valence-corrected chi connectivity index (χ3v) is 4.16. The summed E-state index contributed by atoms with van der Waals surface area (Å²) in [7, 11) is 0. The van der Waals surface area contributed by atoms with Crippen LogP contribution < -0.4 is 16.6 Å². The van der Waals surface area contributed by atoms with E-state index in [9.17, 15) is 14.4 Å². The minimum atomic E-state index is -0.673. The number of aromatic nitrogens is 5. The number of anilines is 1. The largest absolute Gasteiger partial charge is 0.334 e. The van der Waals surface area contributed by atoms with E-state index in [4.69, 9.17) is 11.6 Å². The molecule has 11 heteroatoms. The van der Waals surface area contributed by atoms with Gasteiger partial charge in [-0.3, -0.25) is 19.7 Å². The lowest BCUT2D eigenvalue weighted by atomic mass is 10.3. The van der Waals surface area contributed by atoms with Gasteiger partial charge in [0.05, 0.1) is 11.4 Å². The summed E-state index contributed by atoms with van der Waals surface area (Å²) in [6.07, 6.45) is 1.33. The SMILES string of the molecule is O=C(CSc1ncn[nH]1)Nc1cc(=O)[nH]c(=O)n1-c1ccc(Cl)cc1. The van der Waals surface area contributed by atoms with Crippen molar-refractivity contribution in [3.8, 4) is 5.69 Å². The highest BCUT2D eigenvalue weighted by molar-refractivity contribution is 7.99. The van der Waals surface area contributed by atoms with E-state index in [0.29, 0.717) is 15.9 Å². The van der Waals surface area contributed by atoms with Gasteiger partial charge < -0.3 is 5.32 Å². The van der Waals surface area contributed by atoms with Crippen LogP contribution in [0.5, 0.6) is 0 Å². The molecule has 0 unspecified atom stereocenters. The zero-order chi connectivity index (χ0) is 17.8. The van der Waals surface area contributed by atoms with Crippen LogP contribution in [0.4, 0.5) is 5.82 Å². The standard InChI is InChI=1S/C14H11ClN6O3S/c15-8-1-3-9(4-2-8)21-10(5-11(22)19-14(21)24)18-12(23)6-25-13-16-7-17-20-13/h1-5,7H,6H2,(H,18,23)(H,16,17,20)(H,19,22,24). The van der Waals surface area contributed by atoms with E-state index in [2.05, 4.69) is 25.5 Å². The van der Waals surface area contributed by atoms with Crippen molar-refractivity contribution in [2.24, 2.45) is 0 Å². The summed E-state index contributed by atoms with van der Waals surface area (Å²) in [5.74, 6) is -0.329. The molecule has 0 spiro atoms. The van der Waals surface area contributed by atoms with Crippen molar-refractivity contribution in [2.75, 3.05) is 11.1 Å². The first-order valence-corrected chi connectivity index (χ1v) is 8.29. The normalized spacial score (nSPS) is 10.6. The van der Waals surface area contributed by atoms with Gasteiger partial charge in [-0.1, -0.05) is 23.4 Å². The van der Waals surface area contributed by atoms with Gasteiger partial charge in [-0.2, -0.15) is 5.10 Å². The Morgan fingerprint density at radius 3 is 2.72 bits per heavy atom. The molecule has 2 aromatic heterocycles. The number of nitrogens with zero attached hydrogens (tertiary/aromatic N) is 3. The highest BCUT2D eigenvalue weighted by atomic mass is 35.5. The van der Waals surface area contributed by atoms with Crippen LogP contribution in [-0.2, 0) is 4.79 Å². The van der Waals surface area contributed by atoms with E-state index in [1.54, 1.807) is 24.3 Å². The number of H-pyrrole nitrogens is 2. The Morgan fingerprint density at radius 2 is 2.04 bits per heavy atom. The summed E-state index contributed by atoms with van der Waals surface area (Å²) < 4.78 is 1.18. The Morgan fingerprint density at radius 1 is 1.28 bits per heavy atom. The van der Waals surface area contributed by atoms with Crippen molar-refractivity contribution in [2.45, 2.75) is 5.16 Å². The van der Waals surface area contributed by atoms with E-state index in [1.165, 1.54) is 10.9 Å². The molecular formula is C14H11ClN6O3S. The van der Waals surface area contributed by atoms with Crippen LogP contribution in [0.15, 0.2) is 51.4 Å². The van der Waals surface area contributed by atoms with Gasteiger partial charge in [0.2, 0.25) is 5.91 Å².